The molecule has 2 radical (unpaired) electrons. The van der Waals surface area contributed by atoms with Gasteiger partial charge in [0.05, 0.1) is 9.52 Å². The summed E-state index contributed by atoms with van der Waals surface area (Å²) in [4.78, 5) is 0. The minimum Gasteiger partial charge on any atom is -0.184 e. The quantitative estimate of drug-likeness (QED) is 0.122. The van der Waals surface area contributed by atoms with Crippen molar-refractivity contribution in [3.05, 3.63) is 179 Å². The molecule has 1 aliphatic rings. The number of hydrogen-bond acceptors (Lipinski definition) is 0. The maximum absolute atomic E-state index is 4.93. The smallest absolute Gasteiger partial charge is 0.0920 e. The predicted octanol–water partition coefficient (Wildman–Crippen LogP) is 16.4. The molecule has 8 aromatic rings. The Hall–Kier alpha value is -3.78. The Kier molecular flexibility index (Phi) is 15.7. The fourth-order valence-electron chi connectivity index (χ4n) is 8.46. The Morgan fingerprint density at radius 3 is 1.35 bits per heavy atom. The first kappa shape index (κ1) is 47.7. The Morgan fingerprint density at radius 1 is 0.532 bits per heavy atom. The largest absolute Gasteiger partial charge is 0.184 e. The minimum absolute atomic E-state index is 0.181. The number of halogens is 2. The first-order valence-corrected chi connectivity index (χ1v) is 29.2. The number of aryl methyl sites for hydroxylation is 2. The van der Waals surface area contributed by atoms with Crippen molar-refractivity contribution in [2.24, 2.45) is 0 Å². The van der Waals surface area contributed by atoms with Crippen molar-refractivity contribution < 1.29 is 20.8 Å². The molecule has 0 spiro atoms. The van der Waals surface area contributed by atoms with E-state index >= 15 is 0 Å². The van der Waals surface area contributed by atoms with Gasteiger partial charge < -0.3 is 0 Å². The van der Waals surface area contributed by atoms with E-state index in [1.54, 1.807) is 0 Å². The van der Waals surface area contributed by atoms with Gasteiger partial charge in [-0.25, -0.2) is 0 Å². The maximum atomic E-state index is 4.93. The van der Waals surface area contributed by atoms with E-state index in [1.165, 1.54) is 98.7 Å². The Morgan fingerprint density at radius 2 is 0.935 bits per heavy atom. The summed E-state index contributed by atoms with van der Waals surface area (Å²) in [6.45, 7) is 27.3. The van der Waals surface area contributed by atoms with Gasteiger partial charge in [0, 0.05) is 0 Å². The number of benzene rings is 6. The summed E-state index contributed by atoms with van der Waals surface area (Å²) in [6.07, 6.45) is 0. The van der Waals surface area contributed by atoms with Crippen LogP contribution in [0.4, 0.5) is 0 Å². The summed E-state index contributed by atoms with van der Waals surface area (Å²) < 4.78 is 0. The van der Waals surface area contributed by atoms with Crippen molar-refractivity contribution >= 4 is 58.5 Å². The molecule has 0 atom stereocenters. The molecule has 318 valence electrons. The van der Waals surface area contributed by atoms with Crippen molar-refractivity contribution in [3.8, 4) is 33.4 Å². The minimum atomic E-state index is -0.826. The second-order valence-corrected chi connectivity index (χ2v) is 24.2. The molecule has 0 saturated carbocycles. The van der Waals surface area contributed by atoms with Gasteiger partial charge in [-0.15, -0.1) is 74.6 Å². The summed E-state index contributed by atoms with van der Waals surface area (Å²) in [5, 5.41) is 8.34. The van der Waals surface area contributed by atoms with Crippen LogP contribution in [0.2, 0.25) is 0 Å². The van der Waals surface area contributed by atoms with Gasteiger partial charge in [0.2, 0.25) is 0 Å². The molecule has 1 heterocycles. The molecule has 0 N–H and O–H groups in total. The number of fused-ring (bicyclic) bond motifs is 5. The molecule has 62 heavy (non-hydrogen) atoms. The summed E-state index contributed by atoms with van der Waals surface area (Å²) in [7, 11) is 10.7. The molecule has 0 saturated heterocycles. The van der Waals surface area contributed by atoms with E-state index in [0.717, 1.165) is 9.52 Å². The van der Waals surface area contributed by atoms with Crippen LogP contribution >= 0.6 is 17.0 Å². The van der Waals surface area contributed by atoms with E-state index in [0.29, 0.717) is 11.8 Å². The van der Waals surface area contributed by atoms with Crippen LogP contribution in [0, 0.1) is 19.9 Å². The van der Waals surface area contributed by atoms with E-state index in [-0.39, 0.29) is 10.8 Å². The molecule has 0 amide bonds. The molecule has 0 fully saturated rings. The van der Waals surface area contributed by atoms with Crippen molar-refractivity contribution in [2.75, 3.05) is 0 Å². The van der Waals surface area contributed by atoms with Gasteiger partial charge in [-0.1, -0.05) is 175 Å². The van der Waals surface area contributed by atoms with Gasteiger partial charge in [0.15, 0.2) is 0 Å². The van der Waals surface area contributed by atoms with Crippen molar-refractivity contribution in [1.29, 1.82) is 0 Å². The Balaban J connectivity index is 0.000000155. The topological polar surface area (TPSA) is 0 Å². The third-order valence-electron chi connectivity index (χ3n) is 12.0. The van der Waals surface area contributed by atoms with Crippen molar-refractivity contribution in [2.45, 2.75) is 106 Å². The SMILES string of the molecule is Cc1ccccc1-c1c(C(C)C)ccc2[cH-]c(C(C)(C)C)cc12.Cc1ccccc1-c1c(C(C)C)ccc2[cH-]c(C(C)(C)C)cc12.[Cl][Zr][Cl].[c-]1cccc2c1[Si]c1ccccc1-2. The fourth-order valence-corrected chi connectivity index (χ4v) is 9.77. The molecule has 0 aromatic heterocycles. The molecule has 0 aliphatic carbocycles. The first-order valence-electron chi connectivity index (χ1n) is 21.9. The third-order valence-corrected chi connectivity index (χ3v) is 13.4. The van der Waals surface area contributed by atoms with Crippen LogP contribution in [0.3, 0.4) is 0 Å². The van der Waals surface area contributed by atoms with E-state index in [4.69, 9.17) is 17.0 Å². The van der Waals surface area contributed by atoms with Crippen molar-refractivity contribution in [3.63, 3.8) is 0 Å². The van der Waals surface area contributed by atoms with Crippen LogP contribution in [0.5, 0.6) is 0 Å². The third kappa shape index (κ3) is 10.8. The zero-order valence-electron chi connectivity index (χ0n) is 38.7. The van der Waals surface area contributed by atoms with Gasteiger partial charge in [-0.2, -0.15) is 41.6 Å². The molecule has 1 aliphatic heterocycles. The van der Waals surface area contributed by atoms with Crippen LogP contribution < -0.4 is 10.4 Å². The Labute approximate surface area is 394 Å². The normalized spacial score (nSPS) is 11.9. The van der Waals surface area contributed by atoms with Gasteiger partial charge >= 0.3 is 37.9 Å². The molecular formula is C58H61Cl2SiZr-3. The summed E-state index contributed by atoms with van der Waals surface area (Å²) in [5.74, 6) is 1.03. The van der Waals surface area contributed by atoms with Crippen LogP contribution in [0.25, 0.3) is 54.9 Å². The summed E-state index contributed by atoms with van der Waals surface area (Å²) >= 11 is -0.826. The first-order chi connectivity index (χ1) is 29.4. The van der Waals surface area contributed by atoms with E-state index < -0.39 is 20.8 Å². The predicted molar refractivity (Wildman–Crippen MR) is 272 cm³/mol. The average molecular weight is 948 g/mol. The zero-order valence-corrected chi connectivity index (χ0v) is 43.7. The number of rotatable bonds is 4. The molecule has 0 bridgehead atoms. The van der Waals surface area contributed by atoms with Crippen LogP contribution in [-0.2, 0) is 31.7 Å². The molecule has 0 nitrogen and oxygen atoms in total. The zero-order chi connectivity index (χ0) is 44.9. The van der Waals surface area contributed by atoms with Crippen LogP contribution in [0.15, 0.2) is 140 Å². The summed E-state index contributed by atoms with van der Waals surface area (Å²) in [5.41, 5.74) is 17.1. The van der Waals surface area contributed by atoms with Crippen LogP contribution in [0.1, 0.15) is 114 Å². The Bertz CT molecular complexity index is 2580. The van der Waals surface area contributed by atoms with E-state index in [2.05, 4.69) is 223 Å². The summed E-state index contributed by atoms with van der Waals surface area (Å²) in [6, 6.07) is 54.4. The van der Waals surface area contributed by atoms with E-state index in [9.17, 15) is 0 Å². The van der Waals surface area contributed by atoms with Gasteiger partial charge in [-0.3, -0.25) is 0 Å². The van der Waals surface area contributed by atoms with Crippen molar-refractivity contribution in [1.82, 2.24) is 0 Å². The monoisotopic (exact) mass is 945 g/mol. The fraction of sp³-hybridized carbons (Fsp3) is 0.276. The van der Waals surface area contributed by atoms with Gasteiger partial charge in [-0.05, 0) is 58.8 Å². The molecule has 8 aromatic carbocycles. The van der Waals surface area contributed by atoms with Gasteiger partial charge in [0.1, 0.15) is 0 Å². The average Bonchev–Trinajstić information content (AvgIpc) is 3.97. The standard InChI is InChI=1S/2C23H27.C12H7Si.2ClH.Zr/c2*1-15(2)19-12-11-17-13-18(23(4,5)6)14-21(17)22(19)20-10-8-7-9-16(20)3;1-3-7-11-9(5-1)10-6-2-4-8-12(10)13-11;;;/h2*7-15H,1-6H3;1-7H;2*1H;/q3*-1;;;+2/p-2. The molecular weight excluding hydrogens is 887 g/mol. The van der Waals surface area contributed by atoms with Gasteiger partial charge in [0.25, 0.3) is 0 Å². The maximum Gasteiger partial charge on any atom is 0.0920 e. The van der Waals surface area contributed by atoms with Crippen LogP contribution in [-0.4, -0.2) is 9.52 Å². The second kappa shape index (κ2) is 20.4. The molecule has 4 heteroatoms. The molecule has 9 rings (SSSR count). The second-order valence-electron chi connectivity index (χ2n) is 19.2. The molecule has 0 unspecified atom stereocenters. The van der Waals surface area contributed by atoms with E-state index in [1.807, 2.05) is 6.07 Å². The number of hydrogen-bond donors (Lipinski definition) is 0.